The van der Waals surface area contributed by atoms with Crippen molar-refractivity contribution in [3.63, 3.8) is 0 Å². The second-order valence-electron chi connectivity index (χ2n) is 7.04. The number of aryl methyl sites for hydroxylation is 2. The van der Waals surface area contributed by atoms with E-state index in [1.54, 1.807) is 15.6 Å². The van der Waals surface area contributed by atoms with E-state index in [-0.39, 0.29) is 18.5 Å². The van der Waals surface area contributed by atoms with Crippen LogP contribution in [0.1, 0.15) is 36.3 Å². The van der Waals surface area contributed by atoms with Crippen molar-refractivity contribution in [3.05, 3.63) is 15.6 Å². The molecule has 0 amide bonds. The number of nitrogens with one attached hydrogen (secondary N) is 1. The molecule has 0 bridgehead atoms. The van der Waals surface area contributed by atoms with Crippen molar-refractivity contribution in [1.82, 2.24) is 19.5 Å². The first-order chi connectivity index (χ1) is 13.2. The molecule has 0 aliphatic carbocycles. The minimum absolute atomic E-state index is 0.0298. The molecule has 1 fully saturated rings. The topological polar surface area (TPSA) is 87.1 Å². The Balaban J connectivity index is 1.93. The van der Waals surface area contributed by atoms with Crippen molar-refractivity contribution in [2.75, 3.05) is 45.1 Å². The van der Waals surface area contributed by atoms with E-state index < -0.39 is 10.0 Å². The van der Waals surface area contributed by atoms with E-state index in [2.05, 4.69) is 22.1 Å². The average Bonchev–Trinajstić information content (AvgIpc) is 2.96. The highest BCUT2D eigenvalue weighted by Crippen LogP contribution is 2.17. The molecule has 1 aliphatic rings. The van der Waals surface area contributed by atoms with Crippen molar-refractivity contribution in [2.45, 2.75) is 47.3 Å². The van der Waals surface area contributed by atoms with Crippen LogP contribution in [-0.2, 0) is 21.3 Å². The molecule has 2 heterocycles. The quantitative estimate of drug-likeness (QED) is 0.497. The highest BCUT2D eigenvalue weighted by molar-refractivity contribution is 7.89. The molecule has 10 heteroatoms. The summed E-state index contributed by atoms with van der Waals surface area (Å²) in [5.74, 6) is 0.843. The molecule has 0 aromatic carbocycles. The molecule has 0 saturated carbocycles. The molecule has 0 spiro atoms. The van der Waals surface area contributed by atoms with E-state index in [0.717, 1.165) is 23.2 Å². The van der Waals surface area contributed by atoms with E-state index in [1.165, 1.54) is 4.88 Å². The maximum atomic E-state index is 12.5. The van der Waals surface area contributed by atoms with Gasteiger partial charge in [-0.2, -0.15) is 4.31 Å². The Morgan fingerprint density at radius 1 is 1.29 bits per heavy atom. The summed E-state index contributed by atoms with van der Waals surface area (Å²) in [6.07, 6.45) is 0.0383. The van der Waals surface area contributed by atoms with Gasteiger partial charge in [-0.3, -0.25) is 0 Å². The van der Waals surface area contributed by atoms with Gasteiger partial charge in [0.15, 0.2) is 5.96 Å². The molecule has 2 rings (SSSR count). The number of hydrogen-bond acceptors (Lipinski definition) is 6. The van der Waals surface area contributed by atoms with E-state index >= 15 is 0 Å². The lowest BCUT2D eigenvalue weighted by Gasteiger charge is -2.35. The zero-order chi connectivity index (χ0) is 20.7. The monoisotopic (exact) mass is 431 g/mol. The number of thiazole rings is 1. The van der Waals surface area contributed by atoms with Crippen LogP contribution in [0.25, 0.3) is 0 Å². The second-order valence-corrected chi connectivity index (χ2v) is 10.4. The first kappa shape index (κ1) is 23.1. The summed E-state index contributed by atoms with van der Waals surface area (Å²) >= 11 is 1.67. The van der Waals surface area contributed by atoms with Crippen LogP contribution in [0.15, 0.2) is 4.99 Å². The normalized spacial score (nSPS) is 16.8. The van der Waals surface area contributed by atoms with Crippen LogP contribution in [0.2, 0.25) is 0 Å². The summed E-state index contributed by atoms with van der Waals surface area (Å²) in [7, 11) is -3.28. The first-order valence-corrected chi connectivity index (χ1v) is 12.2. The molecule has 1 aromatic heterocycles. The molecular weight excluding hydrogens is 398 g/mol. The zero-order valence-electron chi connectivity index (χ0n) is 17.6. The Bertz CT molecular complexity index is 734. The number of rotatable bonds is 8. The van der Waals surface area contributed by atoms with Crippen LogP contribution in [0.3, 0.4) is 0 Å². The van der Waals surface area contributed by atoms with Gasteiger partial charge in [-0.05, 0) is 34.6 Å². The molecule has 1 saturated heterocycles. The molecule has 0 radical (unpaired) electrons. The van der Waals surface area contributed by atoms with Crippen molar-refractivity contribution in [3.8, 4) is 0 Å². The number of nitrogens with zero attached hydrogens (tertiary/aromatic N) is 4. The summed E-state index contributed by atoms with van der Waals surface area (Å²) < 4.78 is 31.9. The highest BCUT2D eigenvalue weighted by atomic mass is 32.2. The number of guanidine groups is 1. The summed E-state index contributed by atoms with van der Waals surface area (Å²) in [5, 5.41) is 4.31. The predicted octanol–water partition coefficient (Wildman–Crippen LogP) is 1.60. The molecular formula is C18H33N5O3S2. The minimum atomic E-state index is -3.28. The van der Waals surface area contributed by atoms with Crippen LogP contribution in [0.4, 0.5) is 0 Å². The summed E-state index contributed by atoms with van der Waals surface area (Å²) in [4.78, 5) is 12.6. The van der Waals surface area contributed by atoms with Crippen LogP contribution >= 0.6 is 11.3 Å². The molecule has 1 N–H and O–H groups in total. The maximum Gasteiger partial charge on any atom is 0.216 e. The van der Waals surface area contributed by atoms with Gasteiger partial charge in [-0.25, -0.2) is 18.4 Å². The second kappa shape index (κ2) is 10.5. The smallest absolute Gasteiger partial charge is 0.216 e. The van der Waals surface area contributed by atoms with E-state index in [9.17, 15) is 8.42 Å². The van der Waals surface area contributed by atoms with Crippen LogP contribution in [0.5, 0.6) is 0 Å². The minimum Gasteiger partial charge on any atom is -0.378 e. The van der Waals surface area contributed by atoms with Gasteiger partial charge in [-0.15, -0.1) is 11.3 Å². The van der Waals surface area contributed by atoms with E-state index in [0.29, 0.717) is 32.7 Å². The third kappa shape index (κ3) is 6.68. The number of aromatic nitrogens is 1. The van der Waals surface area contributed by atoms with Gasteiger partial charge in [0.2, 0.25) is 10.0 Å². The first-order valence-electron chi connectivity index (χ1n) is 9.78. The number of piperazine rings is 1. The van der Waals surface area contributed by atoms with Gasteiger partial charge in [-0.1, -0.05) is 0 Å². The maximum absolute atomic E-state index is 12.5. The van der Waals surface area contributed by atoms with Gasteiger partial charge in [0.1, 0.15) is 5.01 Å². The standard InChI is InChI=1S/C18H33N5O3S2/c1-6-19-18(20-13-17-21-15(4)16(5)27-17)22-7-9-23(10-8-22)28(24,25)12-11-26-14(2)3/h14H,6-13H2,1-5H3,(H,19,20). The molecule has 1 aliphatic heterocycles. The Labute approximate surface area is 173 Å². The van der Waals surface area contributed by atoms with E-state index in [1.807, 2.05) is 27.7 Å². The Morgan fingerprint density at radius 3 is 2.50 bits per heavy atom. The van der Waals surface area contributed by atoms with Crippen molar-refractivity contribution in [1.29, 1.82) is 0 Å². The van der Waals surface area contributed by atoms with Gasteiger partial charge < -0.3 is 15.0 Å². The number of ether oxygens (including phenoxy) is 1. The summed E-state index contributed by atoms with van der Waals surface area (Å²) in [6.45, 7) is 13.6. The fourth-order valence-electron chi connectivity index (χ4n) is 2.87. The molecule has 28 heavy (non-hydrogen) atoms. The van der Waals surface area contributed by atoms with Crippen molar-refractivity contribution >= 4 is 27.3 Å². The highest BCUT2D eigenvalue weighted by Gasteiger charge is 2.28. The Kier molecular flexibility index (Phi) is 8.66. The number of hydrogen-bond donors (Lipinski definition) is 1. The van der Waals surface area contributed by atoms with Gasteiger partial charge in [0.05, 0.1) is 30.7 Å². The molecule has 0 atom stereocenters. The molecule has 8 nitrogen and oxygen atoms in total. The fourth-order valence-corrected chi connectivity index (χ4v) is 5.01. The van der Waals surface area contributed by atoms with Crippen LogP contribution in [-0.4, -0.2) is 79.8 Å². The largest absolute Gasteiger partial charge is 0.378 e. The van der Waals surface area contributed by atoms with Crippen LogP contribution in [0, 0.1) is 13.8 Å². The molecule has 0 unspecified atom stereocenters. The third-order valence-corrected chi connectivity index (χ3v) is 7.39. The average molecular weight is 432 g/mol. The summed E-state index contributed by atoms with van der Waals surface area (Å²) in [6, 6.07) is 0. The van der Waals surface area contributed by atoms with Gasteiger partial charge >= 0.3 is 0 Å². The lowest BCUT2D eigenvalue weighted by molar-refractivity contribution is 0.0904. The fraction of sp³-hybridized carbons (Fsp3) is 0.778. The molecule has 1 aromatic rings. The lowest BCUT2D eigenvalue weighted by atomic mass is 10.4. The number of aliphatic imine (C=N–C) groups is 1. The van der Waals surface area contributed by atoms with E-state index in [4.69, 9.17) is 9.73 Å². The SMILES string of the molecule is CCNC(=NCc1nc(C)c(C)s1)N1CCN(S(=O)(=O)CCOC(C)C)CC1. The predicted molar refractivity (Wildman–Crippen MR) is 114 cm³/mol. The van der Waals surface area contributed by atoms with Gasteiger partial charge in [0, 0.05) is 37.6 Å². The van der Waals surface area contributed by atoms with Crippen molar-refractivity contribution in [2.24, 2.45) is 4.99 Å². The Morgan fingerprint density at radius 2 is 1.96 bits per heavy atom. The molecule has 160 valence electrons. The number of sulfonamides is 1. The van der Waals surface area contributed by atoms with Gasteiger partial charge in [0.25, 0.3) is 0 Å². The Hall–Kier alpha value is -1.23. The lowest BCUT2D eigenvalue weighted by Crippen LogP contribution is -2.54. The summed E-state index contributed by atoms with van der Waals surface area (Å²) in [5.41, 5.74) is 1.06. The zero-order valence-corrected chi connectivity index (χ0v) is 19.2. The van der Waals surface area contributed by atoms with Crippen molar-refractivity contribution < 1.29 is 13.2 Å². The van der Waals surface area contributed by atoms with Crippen LogP contribution < -0.4 is 5.32 Å². The third-order valence-electron chi connectivity index (χ3n) is 4.50.